The van der Waals surface area contributed by atoms with E-state index in [1.54, 1.807) is 36.4 Å². The van der Waals surface area contributed by atoms with E-state index in [9.17, 15) is 14.4 Å². The number of anilines is 1. The molecule has 3 heterocycles. The number of urea groups is 1. The Morgan fingerprint density at radius 2 is 1.97 bits per heavy atom. The number of hydrogen-bond acceptors (Lipinski definition) is 4. The van der Waals surface area contributed by atoms with Crippen molar-refractivity contribution in [3.63, 3.8) is 0 Å². The van der Waals surface area contributed by atoms with Gasteiger partial charge in [0.15, 0.2) is 0 Å². The van der Waals surface area contributed by atoms with Crippen LogP contribution in [-0.2, 0) is 14.9 Å². The molecule has 0 bridgehead atoms. The second kappa shape index (κ2) is 8.64. The Labute approximate surface area is 213 Å². The lowest BCUT2D eigenvalue weighted by molar-refractivity contribution is -0.121. The molecule has 36 heavy (non-hydrogen) atoms. The normalized spacial score (nSPS) is 22.7. The number of H-pyrrole nitrogens is 1. The minimum absolute atomic E-state index is 0.0493. The molecule has 1 aromatic heterocycles. The molecule has 3 aromatic rings. The predicted octanol–water partition coefficient (Wildman–Crippen LogP) is 4.23. The van der Waals surface area contributed by atoms with Crippen molar-refractivity contribution in [2.45, 2.75) is 43.2 Å². The summed E-state index contributed by atoms with van der Waals surface area (Å²) in [6.45, 7) is 1.15. The molecule has 3 fully saturated rings. The van der Waals surface area contributed by atoms with Crippen molar-refractivity contribution in [2.75, 3.05) is 25.2 Å². The Morgan fingerprint density at radius 1 is 1.19 bits per heavy atom. The van der Waals surface area contributed by atoms with Gasteiger partial charge < -0.3 is 19.9 Å². The number of aromatic nitrogens is 1. The van der Waals surface area contributed by atoms with Gasteiger partial charge in [-0.25, -0.2) is 9.69 Å². The van der Waals surface area contributed by atoms with E-state index < -0.39 is 12.1 Å². The van der Waals surface area contributed by atoms with Crippen molar-refractivity contribution in [1.29, 1.82) is 0 Å². The van der Waals surface area contributed by atoms with E-state index in [1.165, 1.54) is 4.90 Å². The molecule has 2 N–H and O–H groups in total. The average Bonchev–Trinajstić information content (AvgIpc) is 3.51. The Balaban J connectivity index is 1.21. The van der Waals surface area contributed by atoms with Crippen LogP contribution in [0, 0.1) is 0 Å². The van der Waals surface area contributed by atoms with Crippen LogP contribution in [-0.4, -0.2) is 60.1 Å². The highest BCUT2D eigenvalue weighted by molar-refractivity contribution is 6.35. The molecule has 1 aliphatic carbocycles. The Morgan fingerprint density at radius 3 is 2.69 bits per heavy atom. The highest BCUT2D eigenvalue weighted by Crippen LogP contribution is 2.48. The Bertz CT molecular complexity index is 1360. The summed E-state index contributed by atoms with van der Waals surface area (Å²) in [6.07, 6.45) is 5.15. The van der Waals surface area contributed by atoms with Gasteiger partial charge in [-0.2, -0.15) is 0 Å². The van der Waals surface area contributed by atoms with E-state index in [-0.39, 0.29) is 23.3 Å². The summed E-state index contributed by atoms with van der Waals surface area (Å²) in [5.41, 5.74) is 2.99. The van der Waals surface area contributed by atoms with E-state index in [4.69, 9.17) is 16.3 Å². The molecular formula is C27H27ClN4O4. The number of imide groups is 1. The summed E-state index contributed by atoms with van der Waals surface area (Å²) in [7, 11) is 1.70. The largest absolute Gasteiger partial charge is 0.384 e. The third-order valence-corrected chi connectivity index (χ3v) is 8.08. The summed E-state index contributed by atoms with van der Waals surface area (Å²) in [5.74, 6) is -0.590. The summed E-state index contributed by atoms with van der Waals surface area (Å²) in [4.78, 5) is 45.8. The first-order valence-electron chi connectivity index (χ1n) is 12.2. The minimum atomic E-state index is -0.721. The third-order valence-electron chi connectivity index (χ3n) is 7.76. The number of rotatable bonds is 6. The zero-order chi connectivity index (χ0) is 25.0. The van der Waals surface area contributed by atoms with Crippen LogP contribution >= 0.6 is 11.6 Å². The number of piperidine rings is 1. The van der Waals surface area contributed by atoms with Crippen LogP contribution in [0.2, 0.25) is 5.02 Å². The summed E-state index contributed by atoms with van der Waals surface area (Å²) in [6, 6.07) is 11.4. The number of nitrogens with zero attached hydrogens (tertiary/aromatic N) is 2. The summed E-state index contributed by atoms with van der Waals surface area (Å²) >= 11 is 6.15. The molecule has 3 aliphatic rings. The van der Waals surface area contributed by atoms with Crippen LogP contribution in [0.15, 0.2) is 48.7 Å². The zero-order valence-electron chi connectivity index (χ0n) is 19.9. The lowest BCUT2D eigenvalue weighted by atomic mass is 9.96. The van der Waals surface area contributed by atoms with Gasteiger partial charge >= 0.3 is 6.03 Å². The number of nitrogens with one attached hydrogen (secondary N) is 2. The van der Waals surface area contributed by atoms with E-state index in [2.05, 4.69) is 10.3 Å². The van der Waals surface area contributed by atoms with E-state index in [1.807, 2.05) is 24.3 Å². The average molecular weight is 507 g/mol. The number of methoxy groups -OCH3 is 1. The van der Waals surface area contributed by atoms with E-state index in [0.717, 1.165) is 29.3 Å². The number of ether oxygens (including phenoxy) is 1. The van der Waals surface area contributed by atoms with Crippen LogP contribution in [0.4, 0.5) is 10.5 Å². The molecule has 2 saturated heterocycles. The van der Waals surface area contributed by atoms with Crippen molar-refractivity contribution < 1.29 is 19.1 Å². The topological polar surface area (TPSA) is 94.7 Å². The Kier molecular flexibility index (Phi) is 5.53. The smallest absolute Gasteiger partial charge is 0.332 e. The van der Waals surface area contributed by atoms with Crippen molar-refractivity contribution >= 4 is 46.0 Å². The van der Waals surface area contributed by atoms with Gasteiger partial charge in [0.2, 0.25) is 0 Å². The molecule has 2 aromatic carbocycles. The van der Waals surface area contributed by atoms with Gasteiger partial charge in [-0.15, -0.1) is 0 Å². The molecule has 2 atom stereocenters. The molecule has 4 amide bonds. The SMILES string of the molecule is COCC1(c2ccc(N3C(=O)[C@@H]4[C@H](NC(=O)c5ccc6c(Cl)c[nH]c6c5)CCCN4C3=O)cc2)CC1. The van der Waals surface area contributed by atoms with Crippen LogP contribution < -0.4 is 10.2 Å². The van der Waals surface area contributed by atoms with Gasteiger partial charge in [-0.3, -0.25) is 9.59 Å². The van der Waals surface area contributed by atoms with Crippen LogP contribution in [0.25, 0.3) is 10.9 Å². The van der Waals surface area contributed by atoms with E-state index >= 15 is 0 Å². The minimum Gasteiger partial charge on any atom is -0.384 e. The maximum atomic E-state index is 13.5. The molecule has 2 aliphatic heterocycles. The molecular weight excluding hydrogens is 480 g/mol. The summed E-state index contributed by atoms with van der Waals surface area (Å²) < 4.78 is 5.38. The quantitative estimate of drug-likeness (QED) is 0.489. The first-order chi connectivity index (χ1) is 17.4. The van der Waals surface area contributed by atoms with Gasteiger partial charge in [-0.1, -0.05) is 29.8 Å². The summed E-state index contributed by atoms with van der Waals surface area (Å²) in [5, 5.41) is 4.44. The standard InChI is InChI=1S/C27H27ClN4O4/c1-36-15-27(10-11-27)17-5-7-18(8-6-17)32-25(34)23-21(3-2-12-31(23)26(32)35)30-24(33)16-4-9-19-20(28)14-29-22(19)13-16/h4-9,13-14,21,23,29H,2-3,10-12,15H2,1H3,(H,30,33)/t21-,23+/m1/s1. The number of hydrogen-bond donors (Lipinski definition) is 2. The molecule has 1 saturated carbocycles. The molecule has 0 spiro atoms. The molecule has 9 heteroatoms. The van der Waals surface area contributed by atoms with Crippen LogP contribution in [0.5, 0.6) is 0 Å². The second-order valence-corrected chi connectivity index (χ2v) is 10.4. The highest BCUT2D eigenvalue weighted by Gasteiger charge is 2.51. The monoisotopic (exact) mass is 506 g/mol. The van der Waals surface area contributed by atoms with Crippen molar-refractivity contribution in [3.05, 3.63) is 64.8 Å². The molecule has 6 rings (SSSR count). The molecule has 0 radical (unpaired) electrons. The highest BCUT2D eigenvalue weighted by atomic mass is 35.5. The van der Waals surface area contributed by atoms with Crippen LogP contribution in [0.1, 0.15) is 41.6 Å². The number of halogens is 1. The maximum absolute atomic E-state index is 13.5. The number of benzene rings is 2. The van der Waals surface area contributed by atoms with Gasteiger partial charge in [0.25, 0.3) is 11.8 Å². The van der Waals surface area contributed by atoms with Gasteiger partial charge in [0.05, 0.1) is 23.4 Å². The number of aromatic amines is 1. The van der Waals surface area contributed by atoms with Crippen molar-refractivity contribution in [3.8, 4) is 0 Å². The second-order valence-electron chi connectivity index (χ2n) is 9.97. The fourth-order valence-electron chi connectivity index (χ4n) is 5.65. The number of carbonyl (C=O) groups is 3. The lowest BCUT2D eigenvalue weighted by Crippen LogP contribution is -2.55. The fourth-order valence-corrected chi connectivity index (χ4v) is 5.87. The van der Waals surface area contributed by atoms with Gasteiger partial charge in [0, 0.05) is 41.7 Å². The molecule has 186 valence electrons. The Hall–Kier alpha value is -3.36. The van der Waals surface area contributed by atoms with Gasteiger partial charge in [0.1, 0.15) is 6.04 Å². The number of amides is 4. The molecule has 0 unspecified atom stereocenters. The lowest BCUT2D eigenvalue weighted by Gasteiger charge is -2.34. The first-order valence-corrected chi connectivity index (χ1v) is 12.6. The van der Waals surface area contributed by atoms with E-state index in [0.29, 0.717) is 42.3 Å². The number of carbonyl (C=O) groups excluding carboxylic acids is 3. The number of fused-ring (bicyclic) bond motifs is 2. The maximum Gasteiger partial charge on any atom is 0.332 e. The fraction of sp³-hybridized carbons (Fsp3) is 0.370. The molecule has 8 nitrogen and oxygen atoms in total. The first kappa shape index (κ1) is 23.1. The van der Waals surface area contributed by atoms with Gasteiger partial charge in [-0.05, 0) is 55.5 Å². The third kappa shape index (κ3) is 3.67. The predicted molar refractivity (Wildman–Crippen MR) is 136 cm³/mol. The van der Waals surface area contributed by atoms with Crippen LogP contribution in [0.3, 0.4) is 0 Å². The zero-order valence-corrected chi connectivity index (χ0v) is 20.7. The van der Waals surface area contributed by atoms with Crippen molar-refractivity contribution in [1.82, 2.24) is 15.2 Å². The van der Waals surface area contributed by atoms with Crippen molar-refractivity contribution in [2.24, 2.45) is 0 Å².